The highest BCUT2D eigenvalue weighted by molar-refractivity contribution is 14.1. The van der Waals surface area contributed by atoms with Gasteiger partial charge < -0.3 is 4.74 Å². The van der Waals surface area contributed by atoms with Crippen LogP contribution in [0.5, 0.6) is 5.75 Å². The number of carbonyl (C=O) groups excluding carboxylic acids is 3. The van der Waals surface area contributed by atoms with Crippen molar-refractivity contribution in [2.24, 2.45) is 0 Å². The Labute approximate surface area is 213 Å². The standard InChI is InChI=1S/C25H17ClFIN2O4/c1-14-5-7-18(12-20(14)26)30-24(32)19(23(31)29-25(30)33)10-15-6-8-22(21(28)11-15)34-13-16-3-2-4-17(27)9-16/h2-12H,13H2,1H3,(H,29,31,33)/b19-10-. The molecule has 1 N–H and O–H groups in total. The summed E-state index contributed by atoms with van der Waals surface area (Å²) in [6.45, 7) is 1.98. The predicted molar refractivity (Wildman–Crippen MR) is 135 cm³/mol. The zero-order chi connectivity index (χ0) is 24.4. The smallest absolute Gasteiger partial charge is 0.335 e. The molecule has 0 aliphatic carbocycles. The Morgan fingerprint density at radius 3 is 2.59 bits per heavy atom. The molecule has 0 spiro atoms. The van der Waals surface area contributed by atoms with Gasteiger partial charge in [0.2, 0.25) is 0 Å². The van der Waals surface area contributed by atoms with Crippen LogP contribution in [0.3, 0.4) is 0 Å². The molecule has 1 aliphatic rings. The molecule has 1 saturated heterocycles. The fourth-order valence-corrected chi connectivity index (χ4v) is 4.16. The Morgan fingerprint density at radius 2 is 1.88 bits per heavy atom. The number of barbiturate groups is 1. The molecule has 0 atom stereocenters. The molecule has 172 valence electrons. The van der Waals surface area contributed by atoms with Gasteiger partial charge in [0, 0.05) is 5.02 Å². The lowest BCUT2D eigenvalue weighted by Crippen LogP contribution is -2.54. The van der Waals surface area contributed by atoms with Gasteiger partial charge in [-0.3, -0.25) is 14.9 Å². The molecule has 0 aromatic heterocycles. The van der Waals surface area contributed by atoms with Crippen LogP contribution in [0.2, 0.25) is 5.02 Å². The molecule has 0 bridgehead atoms. The summed E-state index contributed by atoms with van der Waals surface area (Å²) in [5.41, 5.74) is 2.11. The Morgan fingerprint density at radius 1 is 1.09 bits per heavy atom. The van der Waals surface area contributed by atoms with E-state index in [4.69, 9.17) is 16.3 Å². The number of aryl methyl sites for hydroxylation is 1. The molecule has 1 heterocycles. The van der Waals surface area contributed by atoms with Crippen molar-refractivity contribution in [3.05, 3.63) is 97.3 Å². The van der Waals surface area contributed by atoms with E-state index in [1.165, 1.54) is 24.3 Å². The van der Waals surface area contributed by atoms with Crippen LogP contribution in [0, 0.1) is 16.3 Å². The number of hydrogen-bond acceptors (Lipinski definition) is 4. The molecule has 9 heteroatoms. The van der Waals surface area contributed by atoms with E-state index in [1.807, 2.05) is 0 Å². The molecule has 4 amide bonds. The molecular formula is C25H17ClFIN2O4. The maximum Gasteiger partial charge on any atom is 0.335 e. The van der Waals surface area contributed by atoms with E-state index in [9.17, 15) is 18.8 Å². The second kappa shape index (κ2) is 9.94. The fourth-order valence-electron chi connectivity index (χ4n) is 3.29. The minimum atomic E-state index is -0.845. The lowest BCUT2D eigenvalue weighted by Gasteiger charge is -2.26. The number of imide groups is 2. The quantitative estimate of drug-likeness (QED) is 0.237. The third kappa shape index (κ3) is 5.13. The Kier molecular flexibility index (Phi) is 6.99. The van der Waals surface area contributed by atoms with Gasteiger partial charge in [0.1, 0.15) is 23.7 Å². The van der Waals surface area contributed by atoms with Crippen LogP contribution in [-0.2, 0) is 16.2 Å². The summed E-state index contributed by atoms with van der Waals surface area (Å²) in [6.07, 6.45) is 1.41. The van der Waals surface area contributed by atoms with E-state index in [-0.39, 0.29) is 23.7 Å². The average Bonchev–Trinajstić information content (AvgIpc) is 2.78. The van der Waals surface area contributed by atoms with Gasteiger partial charge in [0.05, 0.1) is 9.26 Å². The van der Waals surface area contributed by atoms with Crippen LogP contribution in [-0.4, -0.2) is 17.8 Å². The van der Waals surface area contributed by atoms with Gasteiger partial charge in [-0.15, -0.1) is 0 Å². The minimum absolute atomic E-state index is 0.186. The fraction of sp³-hybridized carbons (Fsp3) is 0.0800. The molecule has 3 aromatic carbocycles. The van der Waals surface area contributed by atoms with Crippen molar-refractivity contribution in [2.45, 2.75) is 13.5 Å². The molecule has 3 aromatic rings. The molecule has 4 rings (SSSR count). The summed E-state index contributed by atoms with van der Waals surface area (Å²) in [7, 11) is 0. The molecule has 0 unspecified atom stereocenters. The van der Waals surface area contributed by atoms with Crippen molar-refractivity contribution in [2.75, 3.05) is 4.90 Å². The normalized spacial score (nSPS) is 15.0. The number of carbonyl (C=O) groups is 3. The van der Waals surface area contributed by atoms with Crippen molar-refractivity contribution in [1.29, 1.82) is 0 Å². The van der Waals surface area contributed by atoms with Crippen molar-refractivity contribution >= 4 is 63.8 Å². The minimum Gasteiger partial charge on any atom is -0.488 e. The number of nitrogens with zero attached hydrogens (tertiary/aromatic N) is 1. The highest BCUT2D eigenvalue weighted by Crippen LogP contribution is 2.28. The molecule has 0 radical (unpaired) electrons. The highest BCUT2D eigenvalue weighted by atomic mass is 127. The summed E-state index contributed by atoms with van der Waals surface area (Å²) in [5.74, 6) is -1.31. The van der Waals surface area contributed by atoms with Crippen LogP contribution < -0.4 is 15.0 Å². The van der Waals surface area contributed by atoms with E-state index in [1.54, 1.807) is 49.4 Å². The molecule has 1 fully saturated rings. The van der Waals surface area contributed by atoms with Gasteiger partial charge in [-0.25, -0.2) is 14.1 Å². The predicted octanol–water partition coefficient (Wildman–Crippen LogP) is 5.64. The van der Waals surface area contributed by atoms with Crippen molar-refractivity contribution in [1.82, 2.24) is 5.32 Å². The van der Waals surface area contributed by atoms with Crippen molar-refractivity contribution in [3.63, 3.8) is 0 Å². The summed E-state index contributed by atoms with van der Waals surface area (Å²) >= 11 is 8.22. The van der Waals surface area contributed by atoms with Gasteiger partial charge in [0.15, 0.2) is 0 Å². The number of nitrogens with one attached hydrogen (secondary N) is 1. The molecule has 1 aliphatic heterocycles. The average molecular weight is 591 g/mol. The van der Waals surface area contributed by atoms with Crippen LogP contribution >= 0.6 is 34.2 Å². The van der Waals surface area contributed by atoms with Crippen molar-refractivity contribution in [3.8, 4) is 5.75 Å². The maximum atomic E-state index is 13.4. The largest absolute Gasteiger partial charge is 0.488 e. The van der Waals surface area contributed by atoms with E-state index in [2.05, 4.69) is 27.9 Å². The lowest BCUT2D eigenvalue weighted by molar-refractivity contribution is -0.122. The first-order valence-corrected chi connectivity index (χ1v) is 11.5. The summed E-state index contributed by atoms with van der Waals surface area (Å²) < 4.78 is 19.8. The Bertz CT molecular complexity index is 1360. The number of halogens is 3. The van der Waals surface area contributed by atoms with Gasteiger partial charge in [-0.1, -0.05) is 35.9 Å². The zero-order valence-electron chi connectivity index (χ0n) is 17.8. The number of ether oxygens (including phenoxy) is 1. The first-order chi connectivity index (χ1) is 16.2. The number of benzene rings is 3. The first kappa shape index (κ1) is 23.9. The van der Waals surface area contributed by atoms with Crippen LogP contribution in [0.4, 0.5) is 14.9 Å². The summed E-state index contributed by atoms with van der Waals surface area (Å²) in [4.78, 5) is 38.7. The molecule has 0 saturated carbocycles. The number of anilines is 1. The topological polar surface area (TPSA) is 75.7 Å². The van der Waals surface area contributed by atoms with Crippen LogP contribution in [0.15, 0.2) is 66.2 Å². The highest BCUT2D eigenvalue weighted by Gasteiger charge is 2.37. The van der Waals surface area contributed by atoms with E-state index in [0.717, 1.165) is 14.0 Å². The van der Waals surface area contributed by atoms with Crippen LogP contribution in [0.25, 0.3) is 6.08 Å². The zero-order valence-corrected chi connectivity index (χ0v) is 20.7. The third-order valence-electron chi connectivity index (χ3n) is 5.07. The Balaban J connectivity index is 1.57. The second-order valence-electron chi connectivity index (χ2n) is 7.50. The SMILES string of the molecule is Cc1ccc(N2C(=O)NC(=O)/C(=C/c3ccc(OCc4cccc(F)c4)c(I)c3)C2=O)cc1Cl. The van der Waals surface area contributed by atoms with Crippen LogP contribution in [0.1, 0.15) is 16.7 Å². The third-order valence-corrected chi connectivity index (χ3v) is 6.32. The maximum absolute atomic E-state index is 13.4. The Hall–Kier alpha value is -3.24. The lowest BCUT2D eigenvalue weighted by atomic mass is 10.1. The van der Waals surface area contributed by atoms with Gasteiger partial charge in [-0.05, 0) is 88.7 Å². The van der Waals surface area contributed by atoms with E-state index < -0.39 is 17.8 Å². The number of amides is 4. The number of rotatable bonds is 5. The van der Waals surface area contributed by atoms with Gasteiger partial charge in [0.25, 0.3) is 11.8 Å². The monoisotopic (exact) mass is 590 g/mol. The van der Waals surface area contributed by atoms with Crippen molar-refractivity contribution < 1.29 is 23.5 Å². The van der Waals surface area contributed by atoms with Gasteiger partial charge >= 0.3 is 6.03 Å². The number of urea groups is 1. The molecular weight excluding hydrogens is 574 g/mol. The number of hydrogen-bond donors (Lipinski definition) is 1. The van der Waals surface area contributed by atoms with E-state index >= 15 is 0 Å². The van der Waals surface area contributed by atoms with E-state index in [0.29, 0.717) is 21.9 Å². The molecule has 34 heavy (non-hydrogen) atoms. The second-order valence-corrected chi connectivity index (χ2v) is 9.07. The summed E-state index contributed by atoms with van der Waals surface area (Å²) in [6, 6.07) is 15.2. The van der Waals surface area contributed by atoms with Gasteiger partial charge in [-0.2, -0.15) is 0 Å². The molecule has 6 nitrogen and oxygen atoms in total. The first-order valence-electron chi connectivity index (χ1n) is 10.1. The summed E-state index contributed by atoms with van der Waals surface area (Å²) in [5, 5.41) is 2.58.